The Balaban J connectivity index is 2.03. The maximum atomic E-state index is 13.4. The van der Waals surface area contributed by atoms with E-state index in [1.807, 2.05) is 0 Å². The molecule has 1 saturated heterocycles. The Morgan fingerprint density at radius 3 is 3.00 bits per heavy atom. The molecule has 2 heterocycles. The Hall–Kier alpha value is -1.43. The van der Waals surface area contributed by atoms with Gasteiger partial charge in [-0.15, -0.1) is 0 Å². The molecule has 6 heteroatoms. The predicted molar refractivity (Wildman–Crippen MR) is 62.8 cm³/mol. The molecule has 0 bridgehead atoms. The normalized spacial score (nSPS) is 18.9. The summed E-state index contributed by atoms with van der Waals surface area (Å²) in [6, 6.07) is 0.774. The van der Waals surface area contributed by atoms with Gasteiger partial charge in [0.2, 0.25) is 0 Å². The molecule has 0 saturated carbocycles. The van der Waals surface area contributed by atoms with Crippen LogP contribution in [0.1, 0.15) is 19.8 Å². The van der Waals surface area contributed by atoms with Gasteiger partial charge in [-0.25, -0.2) is 8.78 Å². The zero-order valence-electron chi connectivity index (χ0n) is 10.2. The first-order chi connectivity index (χ1) is 8.70. The Morgan fingerprint density at radius 2 is 2.33 bits per heavy atom. The van der Waals surface area contributed by atoms with Crippen molar-refractivity contribution in [2.45, 2.75) is 25.9 Å². The first-order valence-electron chi connectivity index (χ1n) is 6.05. The van der Waals surface area contributed by atoms with E-state index < -0.39 is 11.6 Å². The van der Waals surface area contributed by atoms with E-state index in [2.05, 4.69) is 10.3 Å². The lowest BCUT2D eigenvalue weighted by molar-refractivity contribution is 0.0648. The minimum Gasteiger partial charge on any atom is -0.473 e. The molecule has 1 N–H and O–H groups in total. The Bertz CT molecular complexity index is 409. The summed E-state index contributed by atoms with van der Waals surface area (Å²) in [5.74, 6) is -1.71. The van der Waals surface area contributed by atoms with Crippen molar-refractivity contribution >= 4 is 5.82 Å². The van der Waals surface area contributed by atoms with Crippen LogP contribution in [0.15, 0.2) is 6.07 Å². The van der Waals surface area contributed by atoms with Gasteiger partial charge in [0.25, 0.3) is 5.88 Å². The van der Waals surface area contributed by atoms with Crippen LogP contribution in [0.2, 0.25) is 0 Å². The Labute approximate surface area is 104 Å². The van der Waals surface area contributed by atoms with Gasteiger partial charge in [-0.3, -0.25) is 0 Å². The van der Waals surface area contributed by atoms with Crippen molar-refractivity contribution < 1.29 is 18.3 Å². The standard InChI is InChI=1S/C12H16F2N2O2/c1-2-15-11-9(13)6-10(14)12(16-11)18-7-8-4-3-5-17-8/h6,8H,2-5,7H2,1H3,(H,15,16). The molecule has 1 aliphatic heterocycles. The third-order valence-corrected chi connectivity index (χ3v) is 2.67. The number of anilines is 1. The number of ether oxygens (including phenoxy) is 2. The number of nitrogens with zero attached hydrogens (tertiary/aromatic N) is 1. The van der Waals surface area contributed by atoms with E-state index in [0.717, 1.165) is 18.9 Å². The third kappa shape index (κ3) is 3.07. The van der Waals surface area contributed by atoms with Gasteiger partial charge in [-0.05, 0) is 19.8 Å². The van der Waals surface area contributed by atoms with Crippen molar-refractivity contribution in [3.63, 3.8) is 0 Å². The van der Waals surface area contributed by atoms with Gasteiger partial charge in [-0.1, -0.05) is 0 Å². The molecule has 1 atom stereocenters. The summed E-state index contributed by atoms with van der Waals surface area (Å²) in [6.07, 6.45) is 1.85. The molecule has 0 amide bonds. The van der Waals surface area contributed by atoms with Crippen LogP contribution < -0.4 is 10.1 Å². The van der Waals surface area contributed by atoms with Crippen molar-refractivity contribution in [3.05, 3.63) is 17.7 Å². The second-order valence-electron chi connectivity index (χ2n) is 4.08. The molecule has 1 aliphatic rings. The van der Waals surface area contributed by atoms with E-state index in [4.69, 9.17) is 9.47 Å². The molecule has 100 valence electrons. The van der Waals surface area contributed by atoms with Crippen LogP contribution in [0.3, 0.4) is 0 Å². The summed E-state index contributed by atoms with van der Waals surface area (Å²) in [6.45, 7) is 3.25. The van der Waals surface area contributed by atoms with Gasteiger partial charge in [0.05, 0.1) is 6.10 Å². The molecular weight excluding hydrogens is 242 g/mol. The second kappa shape index (κ2) is 5.95. The fraction of sp³-hybridized carbons (Fsp3) is 0.583. The lowest BCUT2D eigenvalue weighted by atomic mass is 10.2. The Morgan fingerprint density at radius 1 is 1.50 bits per heavy atom. The monoisotopic (exact) mass is 258 g/mol. The first-order valence-corrected chi connectivity index (χ1v) is 6.05. The average molecular weight is 258 g/mol. The van der Waals surface area contributed by atoms with Crippen LogP contribution in [-0.4, -0.2) is 30.8 Å². The van der Waals surface area contributed by atoms with Gasteiger partial charge in [0.15, 0.2) is 17.5 Å². The minimum atomic E-state index is -0.799. The molecular formula is C12H16F2N2O2. The first kappa shape index (κ1) is 13.0. The van der Waals surface area contributed by atoms with Gasteiger partial charge in [-0.2, -0.15) is 4.98 Å². The van der Waals surface area contributed by atoms with Crippen LogP contribution in [0.25, 0.3) is 0 Å². The molecule has 4 nitrogen and oxygen atoms in total. The van der Waals surface area contributed by atoms with E-state index >= 15 is 0 Å². The summed E-state index contributed by atoms with van der Waals surface area (Å²) in [4.78, 5) is 3.78. The number of pyridine rings is 1. The highest BCUT2D eigenvalue weighted by atomic mass is 19.1. The number of hydrogen-bond acceptors (Lipinski definition) is 4. The molecule has 0 radical (unpaired) electrons. The molecule has 1 aromatic rings. The SMILES string of the molecule is CCNc1nc(OCC2CCCO2)c(F)cc1F. The molecule has 2 rings (SSSR count). The van der Waals surface area contributed by atoms with Crippen LogP contribution in [0, 0.1) is 11.6 Å². The number of nitrogens with one attached hydrogen (secondary N) is 1. The molecule has 1 fully saturated rings. The lowest BCUT2D eigenvalue weighted by Crippen LogP contribution is -2.17. The van der Waals surface area contributed by atoms with Gasteiger partial charge in [0.1, 0.15) is 6.61 Å². The van der Waals surface area contributed by atoms with E-state index in [1.54, 1.807) is 6.92 Å². The number of rotatable bonds is 5. The highest BCUT2D eigenvalue weighted by Crippen LogP contribution is 2.22. The topological polar surface area (TPSA) is 43.4 Å². The molecule has 0 aromatic carbocycles. The summed E-state index contributed by atoms with van der Waals surface area (Å²) in [5.41, 5.74) is 0. The van der Waals surface area contributed by atoms with E-state index in [9.17, 15) is 8.78 Å². The molecule has 0 aliphatic carbocycles. The van der Waals surface area contributed by atoms with E-state index in [0.29, 0.717) is 13.2 Å². The minimum absolute atomic E-state index is 0.00115. The smallest absolute Gasteiger partial charge is 0.252 e. The zero-order valence-corrected chi connectivity index (χ0v) is 10.2. The largest absolute Gasteiger partial charge is 0.473 e. The van der Waals surface area contributed by atoms with Crippen LogP contribution >= 0.6 is 0 Å². The van der Waals surface area contributed by atoms with Gasteiger partial charge < -0.3 is 14.8 Å². The summed E-state index contributed by atoms with van der Waals surface area (Å²) >= 11 is 0. The van der Waals surface area contributed by atoms with Crippen molar-refractivity contribution in [3.8, 4) is 5.88 Å². The van der Waals surface area contributed by atoms with Crippen LogP contribution in [0.5, 0.6) is 5.88 Å². The molecule has 1 aromatic heterocycles. The number of halogens is 2. The number of hydrogen-bond donors (Lipinski definition) is 1. The quantitative estimate of drug-likeness (QED) is 0.880. The van der Waals surface area contributed by atoms with Crippen LogP contribution in [0.4, 0.5) is 14.6 Å². The predicted octanol–water partition coefficient (Wildman–Crippen LogP) is 2.35. The van der Waals surface area contributed by atoms with Crippen molar-refractivity contribution in [2.75, 3.05) is 25.1 Å². The molecule has 0 spiro atoms. The van der Waals surface area contributed by atoms with Crippen molar-refractivity contribution in [1.29, 1.82) is 0 Å². The van der Waals surface area contributed by atoms with Gasteiger partial charge in [0, 0.05) is 19.2 Å². The van der Waals surface area contributed by atoms with E-state index in [-0.39, 0.29) is 24.4 Å². The fourth-order valence-electron chi connectivity index (χ4n) is 1.79. The van der Waals surface area contributed by atoms with Gasteiger partial charge >= 0.3 is 0 Å². The Kier molecular flexibility index (Phi) is 4.30. The number of aromatic nitrogens is 1. The summed E-state index contributed by atoms with van der Waals surface area (Å²) in [5, 5.41) is 2.71. The fourth-order valence-corrected chi connectivity index (χ4v) is 1.79. The lowest BCUT2D eigenvalue weighted by Gasteiger charge is -2.12. The second-order valence-corrected chi connectivity index (χ2v) is 4.08. The van der Waals surface area contributed by atoms with Crippen molar-refractivity contribution in [1.82, 2.24) is 4.98 Å². The maximum Gasteiger partial charge on any atom is 0.252 e. The zero-order chi connectivity index (χ0) is 13.0. The summed E-state index contributed by atoms with van der Waals surface area (Å²) in [7, 11) is 0. The highest BCUT2D eigenvalue weighted by Gasteiger charge is 2.18. The third-order valence-electron chi connectivity index (χ3n) is 2.67. The molecule has 18 heavy (non-hydrogen) atoms. The van der Waals surface area contributed by atoms with Crippen molar-refractivity contribution in [2.24, 2.45) is 0 Å². The van der Waals surface area contributed by atoms with E-state index in [1.165, 1.54) is 0 Å². The van der Waals surface area contributed by atoms with Crippen LogP contribution in [-0.2, 0) is 4.74 Å². The summed E-state index contributed by atoms with van der Waals surface area (Å²) < 4.78 is 37.4. The average Bonchev–Trinajstić information content (AvgIpc) is 2.84. The molecule has 1 unspecified atom stereocenters. The highest BCUT2D eigenvalue weighted by molar-refractivity contribution is 5.39. The maximum absolute atomic E-state index is 13.4.